The summed E-state index contributed by atoms with van der Waals surface area (Å²) in [6, 6.07) is 0. The maximum Gasteiger partial charge on any atom is 0.0787 e. The van der Waals surface area contributed by atoms with Gasteiger partial charge in [-0.1, -0.05) is 0 Å². The third kappa shape index (κ3) is 1.78. The van der Waals surface area contributed by atoms with Crippen molar-refractivity contribution in [2.45, 2.75) is 12.6 Å². The Labute approximate surface area is 49.2 Å². The van der Waals surface area contributed by atoms with E-state index in [-0.39, 0.29) is 6.17 Å². The van der Waals surface area contributed by atoms with Gasteiger partial charge < -0.3 is 15.8 Å². The van der Waals surface area contributed by atoms with Gasteiger partial charge in [0.05, 0.1) is 12.8 Å². The van der Waals surface area contributed by atoms with Crippen molar-refractivity contribution < 1.29 is 4.74 Å². The average molecular weight is 116 g/mol. The number of hydrogen-bond donors (Lipinski definition) is 2. The Balaban J connectivity index is 2.17. The zero-order valence-corrected chi connectivity index (χ0v) is 4.89. The number of hydrogen-bond acceptors (Lipinski definition) is 3. The maximum atomic E-state index is 5.50. The van der Waals surface area contributed by atoms with Gasteiger partial charge >= 0.3 is 0 Å². The van der Waals surface area contributed by atoms with Crippen molar-refractivity contribution in [1.29, 1.82) is 0 Å². The molecule has 1 atom stereocenters. The molecule has 0 aliphatic carbocycles. The lowest BCUT2D eigenvalue weighted by molar-refractivity contribution is 0.132. The van der Waals surface area contributed by atoms with E-state index >= 15 is 0 Å². The molecule has 0 aromatic rings. The molecular formula is C5H12N2O. The number of nitrogens with two attached hydrogens (primary N) is 1. The Morgan fingerprint density at radius 1 is 1.62 bits per heavy atom. The van der Waals surface area contributed by atoms with Crippen LogP contribution in [-0.4, -0.2) is 25.9 Å². The third-order valence-corrected chi connectivity index (χ3v) is 1.17. The molecule has 0 amide bonds. The highest BCUT2D eigenvalue weighted by molar-refractivity contribution is 4.60. The summed E-state index contributed by atoms with van der Waals surface area (Å²) in [6.07, 6.45) is 1.13. The highest BCUT2D eigenvalue weighted by Crippen LogP contribution is 1.87. The molecular weight excluding hydrogens is 104 g/mol. The molecule has 3 heteroatoms. The number of nitrogens with one attached hydrogen (secondary N) is 1. The van der Waals surface area contributed by atoms with Gasteiger partial charge in [0.25, 0.3) is 0 Å². The van der Waals surface area contributed by atoms with Crippen LogP contribution >= 0.6 is 0 Å². The van der Waals surface area contributed by atoms with Gasteiger partial charge in [-0.25, -0.2) is 0 Å². The van der Waals surface area contributed by atoms with Crippen LogP contribution in [0.15, 0.2) is 0 Å². The van der Waals surface area contributed by atoms with Gasteiger partial charge in [0.15, 0.2) is 0 Å². The highest BCUT2D eigenvalue weighted by atomic mass is 16.5. The van der Waals surface area contributed by atoms with Gasteiger partial charge in [0.2, 0.25) is 0 Å². The second-order valence-corrected chi connectivity index (χ2v) is 1.99. The first-order valence-corrected chi connectivity index (χ1v) is 2.96. The van der Waals surface area contributed by atoms with Crippen LogP contribution in [-0.2, 0) is 4.74 Å². The lowest BCUT2D eigenvalue weighted by Crippen LogP contribution is -2.39. The van der Waals surface area contributed by atoms with E-state index in [0.717, 1.165) is 19.6 Å². The van der Waals surface area contributed by atoms with Gasteiger partial charge in [-0.05, 0) is 13.0 Å². The van der Waals surface area contributed by atoms with Crippen LogP contribution in [0, 0.1) is 0 Å². The normalized spacial score (nSPS) is 31.9. The van der Waals surface area contributed by atoms with Crippen LogP contribution in [0.25, 0.3) is 0 Å². The monoisotopic (exact) mass is 116 g/mol. The van der Waals surface area contributed by atoms with E-state index in [1.807, 2.05) is 0 Å². The molecule has 1 saturated heterocycles. The molecule has 48 valence electrons. The first kappa shape index (κ1) is 6.01. The Bertz CT molecular complexity index is 59.4. The largest absolute Gasteiger partial charge is 0.378 e. The first-order chi connectivity index (χ1) is 3.89. The van der Waals surface area contributed by atoms with Crippen molar-refractivity contribution in [3.05, 3.63) is 0 Å². The molecule has 3 N–H and O–H groups in total. The average Bonchev–Trinajstić information content (AvgIpc) is 1.94. The molecule has 8 heavy (non-hydrogen) atoms. The summed E-state index contributed by atoms with van der Waals surface area (Å²) in [5.41, 5.74) is 5.50. The molecule has 0 aromatic heterocycles. The SMILES string of the molecule is NC1COCCCN1. The van der Waals surface area contributed by atoms with Crippen LogP contribution in [0.3, 0.4) is 0 Å². The maximum absolute atomic E-state index is 5.50. The van der Waals surface area contributed by atoms with E-state index in [1.165, 1.54) is 0 Å². The summed E-state index contributed by atoms with van der Waals surface area (Å²) in [5, 5.41) is 3.10. The molecule has 1 heterocycles. The Morgan fingerprint density at radius 3 is 3.38 bits per heavy atom. The van der Waals surface area contributed by atoms with Crippen LogP contribution in [0.4, 0.5) is 0 Å². The van der Waals surface area contributed by atoms with E-state index in [9.17, 15) is 0 Å². The summed E-state index contributed by atoms with van der Waals surface area (Å²) in [5.74, 6) is 0. The molecule has 1 aliphatic heterocycles. The number of rotatable bonds is 0. The summed E-state index contributed by atoms with van der Waals surface area (Å²) in [6.45, 7) is 2.49. The van der Waals surface area contributed by atoms with Crippen molar-refractivity contribution >= 4 is 0 Å². The topological polar surface area (TPSA) is 47.3 Å². The van der Waals surface area contributed by atoms with E-state index in [4.69, 9.17) is 10.5 Å². The summed E-state index contributed by atoms with van der Waals surface area (Å²) in [4.78, 5) is 0. The molecule has 1 fully saturated rings. The first-order valence-electron chi connectivity index (χ1n) is 2.96. The Morgan fingerprint density at radius 2 is 2.50 bits per heavy atom. The van der Waals surface area contributed by atoms with Gasteiger partial charge in [-0.2, -0.15) is 0 Å². The van der Waals surface area contributed by atoms with E-state index in [2.05, 4.69) is 5.32 Å². The Hall–Kier alpha value is -0.120. The lowest BCUT2D eigenvalue weighted by atomic mass is 10.4. The van der Waals surface area contributed by atoms with E-state index in [0.29, 0.717) is 6.61 Å². The molecule has 0 saturated carbocycles. The molecule has 0 radical (unpaired) electrons. The minimum Gasteiger partial charge on any atom is -0.378 e. The Kier molecular flexibility index (Phi) is 2.27. The molecule has 0 aromatic carbocycles. The van der Waals surface area contributed by atoms with E-state index < -0.39 is 0 Å². The van der Waals surface area contributed by atoms with Crippen LogP contribution in [0.5, 0.6) is 0 Å². The predicted octanol–water partition coefficient (Wildman–Crippen LogP) is -0.719. The zero-order valence-electron chi connectivity index (χ0n) is 4.89. The second-order valence-electron chi connectivity index (χ2n) is 1.99. The van der Waals surface area contributed by atoms with Gasteiger partial charge in [-0.3, -0.25) is 0 Å². The van der Waals surface area contributed by atoms with Crippen molar-refractivity contribution in [3.8, 4) is 0 Å². The molecule has 1 aliphatic rings. The van der Waals surface area contributed by atoms with Crippen molar-refractivity contribution in [3.63, 3.8) is 0 Å². The van der Waals surface area contributed by atoms with Crippen LogP contribution in [0.2, 0.25) is 0 Å². The minimum absolute atomic E-state index is 0.0532. The molecule has 3 nitrogen and oxygen atoms in total. The third-order valence-electron chi connectivity index (χ3n) is 1.17. The summed E-state index contributed by atoms with van der Waals surface area (Å²) in [7, 11) is 0. The van der Waals surface area contributed by atoms with Crippen LogP contribution < -0.4 is 11.1 Å². The van der Waals surface area contributed by atoms with Crippen molar-refractivity contribution in [2.24, 2.45) is 5.73 Å². The van der Waals surface area contributed by atoms with Gasteiger partial charge in [0.1, 0.15) is 0 Å². The minimum atomic E-state index is 0.0532. The molecule has 0 spiro atoms. The highest BCUT2D eigenvalue weighted by Gasteiger charge is 2.03. The fourth-order valence-electron chi connectivity index (χ4n) is 0.731. The van der Waals surface area contributed by atoms with Crippen LogP contribution in [0.1, 0.15) is 6.42 Å². The lowest BCUT2D eigenvalue weighted by Gasteiger charge is -2.06. The predicted molar refractivity (Wildman–Crippen MR) is 31.4 cm³/mol. The van der Waals surface area contributed by atoms with Gasteiger partial charge in [0, 0.05) is 6.61 Å². The zero-order chi connectivity index (χ0) is 5.82. The molecule has 0 bridgehead atoms. The number of ether oxygens (including phenoxy) is 1. The van der Waals surface area contributed by atoms with Crippen molar-refractivity contribution in [2.75, 3.05) is 19.8 Å². The fraction of sp³-hybridized carbons (Fsp3) is 1.00. The quantitative estimate of drug-likeness (QED) is 0.439. The summed E-state index contributed by atoms with van der Waals surface area (Å²) >= 11 is 0. The fourth-order valence-corrected chi connectivity index (χ4v) is 0.731. The van der Waals surface area contributed by atoms with Crippen molar-refractivity contribution in [1.82, 2.24) is 5.32 Å². The second kappa shape index (κ2) is 3.02. The van der Waals surface area contributed by atoms with E-state index in [1.54, 1.807) is 0 Å². The smallest absolute Gasteiger partial charge is 0.0787 e. The van der Waals surface area contributed by atoms with Gasteiger partial charge in [-0.15, -0.1) is 0 Å². The standard InChI is InChI=1S/C5H12N2O/c6-5-4-8-3-1-2-7-5/h5,7H,1-4,6H2. The molecule has 1 unspecified atom stereocenters. The molecule has 1 rings (SSSR count). The summed E-state index contributed by atoms with van der Waals surface area (Å²) < 4.78 is 5.12.